The van der Waals surface area contributed by atoms with E-state index in [4.69, 9.17) is 9.47 Å². The highest BCUT2D eigenvalue weighted by atomic mass is 16.6. The van der Waals surface area contributed by atoms with Crippen molar-refractivity contribution < 1.29 is 14.3 Å². The van der Waals surface area contributed by atoms with Crippen molar-refractivity contribution in [2.45, 2.75) is 38.3 Å². The first-order valence-electron chi connectivity index (χ1n) is 12.5. The van der Waals surface area contributed by atoms with E-state index in [0.29, 0.717) is 25.7 Å². The Morgan fingerprint density at radius 3 is 2.39 bits per heavy atom. The molecule has 174 valence electrons. The number of nitrogens with zero attached hydrogens (tertiary/aromatic N) is 3. The lowest BCUT2D eigenvalue weighted by atomic mass is 9.91. The molecule has 3 heterocycles. The minimum atomic E-state index is 0.291. The van der Waals surface area contributed by atoms with Crippen LogP contribution in [0.15, 0.2) is 36.4 Å². The van der Waals surface area contributed by atoms with Gasteiger partial charge in [-0.3, -0.25) is 14.6 Å². The Bertz CT molecular complexity index is 1030. The highest BCUT2D eigenvalue weighted by Crippen LogP contribution is 2.35. The fraction of sp³-hybridized carbons (Fsp3) is 0.519. The summed E-state index contributed by atoms with van der Waals surface area (Å²) in [7, 11) is 0. The van der Waals surface area contributed by atoms with E-state index in [2.05, 4.69) is 45.0 Å². The average molecular weight is 448 g/mol. The second-order valence-electron chi connectivity index (χ2n) is 9.80. The van der Waals surface area contributed by atoms with Crippen LogP contribution in [0.2, 0.25) is 0 Å². The standard InChI is InChI=1S/C27H33N3O3/c31-27(30-12-10-29(11-13-30)24-2-1-3-24)19-28-9-8-22-16-20(4-5-23(22)18-28)21-6-7-25-26(17-21)33-15-14-32-25/h4-7,16-17,24H,1-3,8-15,18-19H2. The normalized spacial score (nSPS) is 21.4. The zero-order valence-corrected chi connectivity index (χ0v) is 19.3. The highest BCUT2D eigenvalue weighted by molar-refractivity contribution is 5.78. The fourth-order valence-electron chi connectivity index (χ4n) is 5.53. The molecule has 1 amide bonds. The van der Waals surface area contributed by atoms with Crippen LogP contribution >= 0.6 is 0 Å². The molecule has 0 unspecified atom stereocenters. The van der Waals surface area contributed by atoms with Crippen LogP contribution in [-0.4, -0.2) is 79.1 Å². The lowest BCUT2D eigenvalue weighted by molar-refractivity contribution is -0.135. The summed E-state index contributed by atoms with van der Waals surface area (Å²) in [6.45, 7) is 7.40. The maximum Gasteiger partial charge on any atom is 0.236 e. The van der Waals surface area contributed by atoms with Crippen LogP contribution in [-0.2, 0) is 17.8 Å². The molecule has 1 saturated carbocycles. The van der Waals surface area contributed by atoms with Gasteiger partial charge in [-0.15, -0.1) is 0 Å². The molecule has 6 heteroatoms. The number of hydrogen-bond acceptors (Lipinski definition) is 5. The van der Waals surface area contributed by atoms with Crippen molar-refractivity contribution in [3.63, 3.8) is 0 Å². The topological polar surface area (TPSA) is 45.3 Å². The monoisotopic (exact) mass is 447 g/mol. The van der Waals surface area contributed by atoms with Gasteiger partial charge in [0, 0.05) is 45.3 Å². The van der Waals surface area contributed by atoms with Crippen LogP contribution in [0, 0.1) is 0 Å². The quantitative estimate of drug-likeness (QED) is 0.721. The summed E-state index contributed by atoms with van der Waals surface area (Å²) in [6.07, 6.45) is 5.05. The fourth-order valence-corrected chi connectivity index (χ4v) is 5.53. The molecule has 6 rings (SSSR count). The smallest absolute Gasteiger partial charge is 0.236 e. The maximum absolute atomic E-state index is 12.9. The summed E-state index contributed by atoms with van der Waals surface area (Å²) in [5.74, 6) is 1.95. The Hall–Kier alpha value is -2.57. The van der Waals surface area contributed by atoms with Crippen molar-refractivity contribution >= 4 is 5.91 Å². The van der Waals surface area contributed by atoms with Gasteiger partial charge in [-0.2, -0.15) is 0 Å². The van der Waals surface area contributed by atoms with Gasteiger partial charge in [-0.25, -0.2) is 0 Å². The van der Waals surface area contributed by atoms with Gasteiger partial charge in [0.2, 0.25) is 5.91 Å². The second kappa shape index (κ2) is 8.99. The molecular weight excluding hydrogens is 414 g/mol. The van der Waals surface area contributed by atoms with Gasteiger partial charge in [0.15, 0.2) is 11.5 Å². The average Bonchev–Trinajstić information content (AvgIpc) is 2.83. The third kappa shape index (κ3) is 4.34. The lowest BCUT2D eigenvalue weighted by Gasteiger charge is -2.43. The zero-order chi connectivity index (χ0) is 22.2. The van der Waals surface area contributed by atoms with Gasteiger partial charge in [0.05, 0.1) is 6.54 Å². The van der Waals surface area contributed by atoms with Crippen LogP contribution < -0.4 is 9.47 Å². The minimum absolute atomic E-state index is 0.291. The number of benzene rings is 2. The van der Waals surface area contributed by atoms with Gasteiger partial charge >= 0.3 is 0 Å². The molecule has 33 heavy (non-hydrogen) atoms. The minimum Gasteiger partial charge on any atom is -0.486 e. The van der Waals surface area contributed by atoms with Crippen molar-refractivity contribution in [2.75, 3.05) is 52.5 Å². The molecule has 1 aliphatic carbocycles. The molecule has 0 spiro atoms. The SMILES string of the molecule is O=C(CN1CCc2cc(-c3ccc4c(c3)OCCO4)ccc2C1)N1CCN(C2CCC2)CC1. The van der Waals surface area contributed by atoms with Crippen LogP contribution in [0.5, 0.6) is 11.5 Å². The Kier molecular flexibility index (Phi) is 5.72. The van der Waals surface area contributed by atoms with E-state index in [1.54, 1.807) is 0 Å². The van der Waals surface area contributed by atoms with Crippen LogP contribution in [0.25, 0.3) is 11.1 Å². The molecular formula is C27H33N3O3. The molecule has 0 bridgehead atoms. The van der Waals surface area contributed by atoms with E-state index < -0.39 is 0 Å². The van der Waals surface area contributed by atoms with Crippen LogP contribution in [0.3, 0.4) is 0 Å². The molecule has 4 aliphatic rings. The summed E-state index contributed by atoms with van der Waals surface area (Å²) in [4.78, 5) is 19.9. The van der Waals surface area contributed by atoms with E-state index in [1.807, 2.05) is 6.07 Å². The molecule has 2 aromatic rings. The number of amides is 1. The first-order chi connectivity index (χ1) is 16.2. The molecule has 2 aromatic carbocycles. The predicted octanol–water partition coefficient (Wildman–Crippen LogP) is 3.18. The van der Waals surface area contributed by atoms with Crippen molar-refractivity contribution in [3.05, 3.63) is 47.5 Å². The number of fused-ring (bicyclic) bond motifs is 2. The van der Waals surface area contributed by atoms with E-state index in [9.17, 15) is 4.79 Å². The van der Waals surface area contributed by atoms with E-state index >= 15 is 0 Å². The van der Waals surface area contributed by atoms with Gasteiger partial charge in [0.25, 0.3) is 0 Å². The number of piperazine rings is 1. The first-order valence-corrected chi connectivity index (χ1v) is 12.5. The third-order valence-electron chi connectivity index (χ3n) is 7.79. The Morgan fingerprint density at radius 2 is 1.61 bits per heavy atom. The lowest BCUT2D eigenvalue weighted by Crippen LogP contribution is -2.55. The number of ether oxygens (including phenoxy) is 2. The summed E-state index contributed by atoms with van der Waals surface area (Å²) in [5.41, 5.74) is 5.09. The maximum atomic E-state index is 12.9. The van der Waals surface area contributed by atoms with Gasteiger partial charge in [-0.05, 0) is 53.6 Å². The van der Waals surface area contributed by atoms with E-state index in [-0.39, 0.29) is 0 Å². The van der Waals surface area contributed by atoms with E-state index in [1.165, 1.54) is 36.0 Å². The summed E-state index contributed by atoms with van der Waals surface area (Å²) >= 11 is 0. The number of carbonyl (C=O) groups is 1. The highest BCUT2D eigenvalue weighted by Gasteiger charge is 2.30. The Labute approximate surface area is 196 Å². The molecule has 0 aromatic heterocycles. The molecule has 3 aliphatic heterocycles. The summed E-state index contributed by atoms with van der Waals surface area (Å²) < 4.78 is 11.4. The van der Waals surface area contributed by atoms with Crippen molar-refractivity contribution in [1.82, 2.24) is 14.7 Å². The number of hydrogen-bond donors (Lipinski definition) is 0. The van der Waals surface area contributed by atoms with Gasteiger partial charge < -0.3 is 14.4 Å². The van der Waals surface area contributed by atoms with E-state index in [0.717, 1.165) is 68.8 Å². The number of rotatable bonds is 4. The molecule has 6 nitrogen and oxygen atoms in total. The second-order valence-corrected chi connectivity index (χ2v) is 9.80. The van der Waals surface area contributed by atoms with Crippen LogP contribution in [0.1, 0.15) is 30.4 Å². The molecule has 1 saturated heterocycles. The third-order valence-corrected chi connectivity index (χ3v) is 7.79. The van der Waals surface area contributed by atoms with Gasteiger partial charge in [-0.1, -0.05) is 30.7 Å². The predicted molar refractivity (Wildman–Crippen MR) is 128 cm³/mol. The Morgan fingerprint density at radius 1 is 0.848 bits per heavy atom. The molecule has 0 atom stereocenters. The zero-order valence-electron chi connectivity index (χ0n) is 19.3. The molecule has 0 radical (unpaired) electrons. The van der Waals surface area contributed by atoms with Gasteiger partial charge in [0.1, 0.15) is 13.2 Å². The number of carbonyl (C=O) groups excluding carboxylic acids is 1. The van der Waals surface area contributed by atoms with Crippen molar-refractivity contribution in [3.8, 4) is 22.6 Å². The molecule has 0 N–H and O–H groups in total. The summed E-state index contributed by atoms with van der Waals surface area (Å²) in [5, 5.41) is 0. The first kappa shape index (κ1) is 21.0. The van der Waals surface area contributed by atoms with Crippen molar-refractivity contribution in [2.24, 2.45) is 0 Å². The largest absolute Gasteiger partial charge is 0.486 e. The van der Waals surface area contributed by atoms with Crippen LogP contribution in [0.4, 0.5) is 0 Å². The Balaban J connectivity index is 1.07. The van der Waals surface area contributed by atoms with Crippen molar-refractivity contribution in [1.29, 1.82) is 0 Å². The summed E-state index contributed by atoms with van der Waals surface area (Å²) in [6, 6.07) is 13.7. The molecule has 2 fully saturated rings.